The lowest BCUT2D eigenvalue weighted by molar-refractivity contribution is -0.140. The van der Waals surface area contributed by atoms with E-state index < -0.39 is 0 Å². The molecule has 3 aromatic rings. The molecule has 4 rings (SSSR count). The van der Waals surface area contributed by atoms with Crippen molar-refractivity contribution in [2.45, 2.75) is 62.6 Å². The Kier molecular flexibility index (Phi) is 5.25. The molecule has 6 nitrogen and oxygen atoms in total. The van der Waals surface area contributed by atoms with Crippen LogP contribution in [0.4, 0.5) is 0 Å². The molecule has 0 N–H and O–H groups in total. The minimum absolute atomic E-state index is 0.0640. The smallest absolute Gasteiger partial charge is 0.319 e. The van der Waals surface area contributed by atoms with Crippen LogP contribution < -0.4 is 0 Å². The first-order valence-corrected chi connectivity index (χ1v) is 10.6. The highest BCUT2D eigenvalue weighted by Crippen LogP contribution is 2.34. The maximum absolute atomic E-state index is 12.1. The molecule has 29 heavy (non-hydrogen) atoms. The van der Waals surface area contributed by atoms with Gasteiger partial charge in [0, 0.05) is 12.0 Å². The molecule has 2 atom stereocenters. The van der Waals surface area contributed by atoms with Gasteiger partial charge in [0.25, 0.3) is 0 Å². The second kappa shape index (κ2) is 7.71. The Labute approximate surface area is 174 Å². The maximum atomic E-state index is 12.1. The van der Waals surface area contributed by atoms with Gasteiger partial charge in [0.1, 0.15) is 17.1 Å². The van der Waals surface area contributed by atoms with Gasteiger partial charge in [-0.15, -0.1) is 10.2 Å². The third-order valence-corrected chi connectivity index (χ3v) is 6.18. The van der Waals surface area contributed by atoms with E-state index in [1.165, 1.54) is 17.3 Å². The first-order chi connectivity index (χ1) is 13.8. The fourth-order valence-corrected chi connectivity index (χ4v) is 4.49. The Morgan fingerprint density at radius 3 is 2.52 bits per heavy atom. The van der Waals surface area contributed by atoms with Crippen LogP contribution in [0.25, 0.3) is 11.4 Å². The summed E-state index contributed by atoms with van der Waals surface area (Å²) in [7, 11) is 0. The van der Waals surface area contributed by atoms with E-state index in [0.29, 0.717) is 18.1 Å². The molecule has 0 unspecified atom stereocenters. The van der Waals surface area contributed by atoms with Crippen molar-refractivity contribution in [3.63, 3.8) is 0 Å². The van der Waals surface area contributed by atoms with E-state index in [4.69, 9.17) is 9.15 Å². The molecular formula is C22H25N3O3S. The van der Waals surface area contributed by atoms with Crippen LogP contribution in [0.2, 0.25) is 0 Å². The van der Waals surface area contributed by atoms with E-state index in [9.17, 15) is 4.79 Å². The normalized spacial score (nSPS) is 19.5. The molecule has 0 spiro atoms. The Bertz CT molecular complexity index is 987. The largest absolute Gasteiger partial charge is 0.467 e. The predicted octanol–water partition coefficient (Wildman–Crippen LogP) is 4.68. The van der Waals surface area contributed by atoms with Gasteiger partial charge >= 0.3 is 5.97 Å². The van der Waals surface area contributed by atoms with Gasteiger partial charge in [0.15, 0.2) is 11.0 Å². The maximum Gasteiger partial charge on any atom is 0.319 e. The molecule has 0 bridgehead atoms. The monoisotopic (exact) mass is 411 g/mol. The van der Waals surface area contributed by atoms with Crippen molar-refractivity contribution >= 4 is 17.7 Å². The zero-order valence-corrected chi connectivity index (χ0v) is 17.9. The molecular weight excluding hydrogens is 386 g/mol. The van der Waals surface area contributed by atoms with Crippen molar-refractivity contribution in [1.29, 1.82) is 0 Å². The molecule has 1 aliphatic rings. The number of ether oxygens (including phenoxy) is 1. The number of esters is 1. The highest BCUT2D eigenvalue weighted by atomic mass is 32.2. The van der Waals surface area contributed by atoms with Crippen LogP contribution in [0.15, 0.2) is 52.2 Å². The number of hydrogen-bond donors (Lipinski definition) is 0. The van der Waals surface area contributed by atoms with Crippen molar-refractivity contribution in [3.05, 3.63) is 54.0 Å². The third-order valence-electron chi connectivity index (χ3n) is 4.99. The molecule has 0 amide bonds. The number of carbonyl (C=O) groups excluding carboxylic acids is 1. The van der Waals surface area contributed by atoms with E-state index in [2.05, 4.69) is 55.2 Å². The lowest BCUT2D eigenvalue weighted by Gasteiger charge is -2.19. The average Bonchev–Trinajstić information content (AvgIpc) is 3.38. The quantitative estimate of drug-likeness (QED) is 0.568. The first kappa shape index (κ1) is 19.8. The van der Waals surface area contributed by atoms with Crippen LogP contribution in [-0.2, 0) is 21.5 Å². The lowest BCUT2D eigenvalue weighted by Crippen LogP contribution is -2.12. The molecule has 1 aliphatic heterocycles. The van der Waals surface area contributed by atoms with Crippen molar-refractivity contribution in [2.24, 2.45) is 0 Å². The molecule has 152 valence electrons. The molecule has 0 saturated carbocycles. The summed E-state index contributed by atoms with van der Waals surface area (Å²) in [6.45, 7) is 8.98. The van der Waals surface area contributed by atoms with Gasteiger partial charge in [0.05, 0.1) is 12.8 Å². The molecule has 1 aromatic carbocycles. The Balaban J connectivity index is 1.68. The fourth-order valence-electron chi connectivity index (χ4n) is 3.35. The first-order valence-electron chi connectivity index (χ1n) is 9.75. The molecule has 1 fully saturated rings. The molecule has 0 radical (unpaired) electrons. The molecule has 0 aliphatic carbocycles. The summed E-state index contributed by atoms with van der Waals surface area (Å²) in [6, 6.07) is 12.2. The Morgan fingerprint density at radius 1 is 1.17 bits per heavy atom. The minimum atomic E-state index is -0.263. The van der Waals surface area contributed by atoms with Gasteiger partial charge in [-0.2, -0.15) is 0 Å². The summed E-state index contributed by atoms with van der Waals surface area (Å²) in [5.41, 5.74) is 2.32. The second-order valence-corrected chi connectivity index (χ2v) is 9.56. The fraction of sp³-hybridized carbons (Fsp3) is 0.409. The molecule has 7 heteroatoms. The Hall–Kier alpha value is -2.54. The summed E-state index contributed by atoms with van der Waals surface area (Å²) >= 11 is 1.41. The highest BCUT2D eigenvalue weighted by Gasteiger charge is 2.34. The van der Waals surface area contributed by atoms with Crippen LogP contribution in [0, 0.1) is 0 Å². The SMILES string of the molecule is C[C@H]1C[C@@H](Sc2nnc(-c3ccc(C(C)(C)C)cc3)n2Cc2ccco2)C(=O)O1. The van der Waals surface area contributed by atoms with Gasteiger partial charge in [-0.1, -0.05) is 56.8 Å². The van der Waals surface area contributed by atoms with Crippen molar-refractivity contribution in [3.8, 4) is 11.4 Å². The topological polar surface area (TPSA) is 70.2 Å². The van der Waals surface area contributed by atoms with Gasteiger partial charge in [-0.25, -0.2) is 0 Å². The number of carbonyl (C=O) groups is 1. The van der Waals surface area contributed by atoms with Crippen molar-refractivity contribution in [2.75, 3.05) is 0 Å². The van der Waals surface area contributed by atoms with Crippen LogP contribution >= 0.6 is 11.8 Å². The average molecular weight is 412 g/mol. The predicted molar refractivity (Wildman–Crippen MR) is 112 cm³/mol. The van der Waals surface area contributed by atoms with E-state index in [-0.39, 0.29) is 22.7 Å². The Morgan fingerprint density at radius 2 is 1.93 bits per heavy atom. The van der Waals surface area contributed by atoms with E-state index in [1.807, 2.05) is 23.6 Å². The summed E-state index contributed by atoms with van der Waals surface area (Å²) < 4.78 is 12.8. The molecule has 1 saturated heterocycles. The number of rotatable bonds is 5. The second-order valence-electron chi connectivity index (χ2n) is 8.39. The zero-order valence-electron chi connectivity index (χ0n) is 17.1. The molecule has 2 aromatic heterocycles. The van der Waals surface area contributed by atoms with E-state index in [0.717, 1.165) is 17.1 Å². The summed E-state index contributed by atoms with van der Waals surface area (Å²) in [5.74, 6) is 1.37. The number of furan rings is 1. The minimum Gasteiger partial charge on any atom is -0.467 e. The summed E-state index contributed by atoms with van der Waals surface area (Å²) in [5, 5.41) is 9.26. The van der Waals surface area contributed by atoms with Gasteiger partial charge in [-0.05, 0) is 30.0 Å². The van der Waals surface area contributed by atoms with E-state index in [1.54, 1.807) is 6.26 Å². The number of thioether (sulfide) groups is 1. The summed E-state index contributed by atoms with van der Waals surface area (Å²) in [6.07, 6.45) is 2.26. The van der Waals surface area contributed by atoms with Crippen LogP contribution in [0.3, 0.4) is 0 Å². The molecule has 3 heterocycles. The van der Waals surface area contributed by atoms with Crippen molar-refractivity contribution < 1.29 is 13.9 Å². The van der Waals surface area contributed by atoms with Crippen LogP contribution in [0.1, 0.15) is 45.4 Å². The van der Waals surface area contributed by atoms with Crippen molar-refractivity contribution in [1.82, 2.24) is 14.8 Å². The van der Waals surface area contributed by atoms with E-state index >= 15 is 0 Å². The van der Waals surface area contributed by atoms with Gasteiger partial charge in [0.2, 0.25) is 0 Å². The number of aromatic nitrogens is 3. The number of hydrogen-bond acceptors (Lipinski definition) is 6. The standard InChI is InChI=1S/C22H25N3O3S/c1-14-12-18(20(26)28-14)29-21-24-23-19(25(21)13-17-6-5-11-27-17)15-7-9-16(10-8-15)22(2,3)4/h5-11,14,18H,12-13H2,1-4H3/t14-,18+/m0/s1. The zero-order chi connectivity index (χ0) is 20.6. The number of nitrogens with zero attached hydrogens (tertiary/aromatic N) is 3. The highest BCUT2D eigenvalue weighted by molar-refractivity contribution is 8.00. The third kappa shape index (κ3) is 4.24. The van der Waals surface area contributed by atoms with Gasteiger partial charge < -0.3 is 9.15 Å². The lowest BCUT2D eigenvalue weighted by atomic mass is 9.87. The number of benzene rings is 1. The summed E-state index contributed by atoms with van der Waals surface area (Å²) in [4.78, 5) is 12.1. The van der Waals surface area contributed by atoms with Crippen LogP contribution in [0.5, 0.6) is 0 Å². The van der Waals surface area contributed by atoms with Crippen LogP contribution in [-0.4, -0.2) is 32.1 Å². The van der Waals surface area contributed by atoms with Gasteiger partial charge in [-0.3, -0.25) is 9.36 Å². The number of cyclic esters (lactones) is 1.